The summed E-state index contributed by atoms with van der Waals surface area (Å²) in [6.07, 6.45) is 7.60. The molecule has 2 aromatic carbocycles. The Labute approximate surface area is 268 Å². The van der Waals surface area contributed by atoms with Crippen LogP contribution in [0.15, 0.2) is 42.9 Å². The molecule has 4 aromatic rings. The Balaban J connectivity index is 1.19. The number of benzene rings is 2. The lowest BCUT2D eigenvalue weighted by molar-refractivity contribution is 0.0435. The third kappa shape index (κ3) is 6.55. The van der Waals surface area contributed by atoms with Crippen molar-refractivity contribution in [3.63, 3.8) is 0 Å². The van der Waals surface area contributed by atoms with Crippen LogP contribution in [0.4, 0.5) is 28.8 Å². The second-order valence-corrected chi connectivity index (χ2v) is 15.7. The van der Waals surface area contributed by atoms with Gasteiger partial charge in [-0.15, -0.1) is 0 Å². The first kappa shape index (κ1) is 31.0. The summed E-state index contributed by atoms with van der Waals surface area (Å²) in [4.78, 5) is 22.9. The highest BCUT2D eigenvalue weighted by molar-refractivity contribution is 7.71. The normalized spacial score (nSPS) is 16.3. The molecule has 6 rings (SSSR count). The van der Waals surface area contributed by atoms with E-state index >= 15 is 0 Å². The third-order valence-electron chi connectivity index (χ3n) is 8.60. The van der Waals surface area contributed by atoms with Crippen LogP contribution in [0.25, 0.3) is 11.0 Å². The first-order valence-electron chi connectivity index (χ1n) is 15.0. The molecule has 234 valence electrons. The lowest BCUT2D eigenvalue weighted by atomic mass is 9.91. The quantitative estimate of drug-likeness (QED) is 0.210. The van der Waals surface area contributed by atoms with Gasteiger partial charge in [-0.3, -0.25) is 14.9 Å². The summed E-state index contributed by atoms with van der Waals surface area (Å²) in [5.74, 6) is 1.91. The minimum atomic E-state index is -2.77. The van der Waals surface area contributed by atoms with Crippen molar-refractivity contribution in [2.75, 3.05) is 62.2 Å². The number of methoxy groups -OCH3 is 1. The molecular weight excluding hydrogens is 609 g/mol. The summed E-state index contributed by atoms with van der Waals surface area (Å²) < 4.78 is 19.2. The van der Waals surface area contributed by atoms with E-state index in [1.807, 2.05) is 12.1 Å². The van der Waals surface area contributed by atoms with Crippen LogP contribution in [0.2, 0.25) is 5.02 Å². The zero-order valence-corrected chi connectivity index (χ0v) is 27.6. The Morgan fingerprint density at radius 2 is 1.84 bits per heavy atom. The van der Waals surface area contributed by atoms with Crippen LogP contribution in [0.5, 0.6) is 5.75 Å². The standard InChI is InChI=1S/C32H37ClN9O2P/c1-20-15-26(28(44-2)16-27(20)41-13-8-22(9-14-41)42-18-21(19-42)7-10-34)39-32-37-17-23(33)31(40-32)38-25-6-5-24-29(36-12-11-35-24)30(25)45(3,4)43/h5-6,11-12,15-17,21-22H,7-9,13-14,18-19H2,1-4H3,(H2,37,38,39,40). The molecule has 2 aliphatic heterocycles. The van der Waals surface area contributed by atoms with Crippen LogP contribution in [0.3, 0.4) is 0 Å². The maximum atomic E-state index is 13.4. The Bertz CT molecular complexity index is 1810. The van der Waals surface area contributed by atoms with E-state index in [1.54, 1.807) is 32.8 Å². The van der Waals surface area contributed by atoms with E-state index in [1.165, 1.54) is 6.20 Å². The van der Waals surface area contributed by atoms with Crippen molar-refractivity contribution in [2.24, 2.45) is 5.92 Å². The monoisotopic (exact) mass is 645 g/mol. The van der Waals surface area contributed by atoms with E-state index in [0.717, 1.165) is 56.0 Å². The van der Waals surface area contributed by atoms with Gasteiger partial charge in [0, 0.05) is 62.8 Å². The summed E-state index contributed by atoms with van der Waals surface area (Å²) in [5.41, 5.74) is 4.84. The molecule has 13 heteroatoms. The fourth-order valence-electron chi connectivity index (χ4n) is 6.35. The number of ether oxygens (including phenoxy) is 1. The largest absolute Gasteiger partial charge is 0.494 e. The van der Waals surface area contributed by atoms with Gasteiger partial charge in [-0.05, 0) is 62.8 Å². The lowest BCUT2D eigenvalue weighted by Crippen LogP contribution is -2.55. The summed E-state index contributed by atoms with van der Waals surface area (Å²) in [7, 11) is -1.11. The summed E-state index contributed by atoms with van der Waals surface area (Å²) in [5, 5.41) is 16.4. The number of aromatic nitrogens is 4. The summed E-state index contributed by atoms with van der Waals surface area (Å²) in [6, 6.07) is 10.7. The van der Waals surface area contributed by atoms with Crippen molar-refractivity contribution in [3.05, 3.63) is 53.4 Å². The van der Waals surface area contributed by atoms with E-state index in [0.29, 0.717) is 62.9 Å². The zero-order chi connectivity index (χ0) is 31.7. The Morgan fingerprint density at radius 1 is 1.09 bits per heavy atom. The second kappa shape index (κ2) is 12.8. The Morgan fingerprint density at radius 3 is 2.56 bits per heavy atom. The van der Waals surface area contributed by atoms with Crippen LogP contribution < -0.4 is 25.6 Å². The molecule has 0 spiro atoms. The van der Waals surface area contributed by atoms with Crippen molar-refractivity contribution >= 4 is 63.9 Å². The molecule has 0 saturated carbocycles. The van der Waals surface area contributed by atoms with Crippen LogP contribution in [0.1, 0.15) is 24.8 Å². The molecule has 45 heavy (non-hydrogen) atoms. The average molecular weight is 646 g/mol. The highest BCUT2D eigenvalue weighted by Crippen LogP contribution is 2.42. The maximum Gasteiger partial charge on any atom is 0.229 e. The predicted molar refractivity (Wildman–Crippen MR) is 180 cm³/mol. The number of aryl methyl sites for hydroxylation is 1. The minimum absolute atomic E-state index is 0.313. The summed E-state index contributed by atoms with van der Waals surface area (Å²) in [6.45, 7) is 9.55. The molecule has 2 saturated heterocycles. The molecule has 0 amide bonds. The molecule has 0 aliphatic carbocycles. The first-order chi connectivity index (χ1) is 21.6. The van der Waals surface area contributed by atoms with Crippen molar-refractivity contribution in [3.8, 4) is 11.8 Å². The second-order valence-electron chi connectivity index (χ2n) is 12.1. The van der Waals surface area contributed by atoms with Crippen molar-refractivity contribution in [1.82, 2.24) is 24.8 Å². The van der Waals surface area contributed by atoms with E-state index in [-0.39, 0.29) is 0 Å². The van der Waals surface area contributed by atoms with Crippen LogP contribution in [-0.4, -0.2) is 77.5 Å². The molecule has 2 fully saturated rings. The van der Waals surface area contributed by atoms with Crippen LogP contribution >= 0.6 is 18.7 Å². The fourth-order valence-corrected chi connectivity index (χ4v) is 7.88. The number of anilines is 5. The van der Waals surface area contributed by atoms with Gasteiger partial charge in [-0.2, -0.15) is 10.2 Å². The zero-order valence-electron chi connectivity index (χ0n) is 25.9. The Kier molecular flexibility index (Phi) is 8.82. The maximum absolute atomic E-state index is 13.4. The van der Waals surface area contributed by atoms with Gasteiger partial charge in [-0.1, -0.05) is 11.6 Å². The number of fused-ring (bicyclic) bond motifs is 1. The molecule has 0 atom stereocenters. The van der Waals surface area contributed by atoms with Gasteiger partial charge < -0.3 is 24.8 Å². The summed E-state index contributed by atoms with van der Waals surface area (Å²) >= 11 is 6.53. The number of rotatable bonds is 9. The number of likely N-dealkylation sites (tertiary alicyclic amines) is 1. The smallest absolute Gasteiger partial charge is 0.229 e. The van der Waals surface area contributed by atoms with Gasteiger partial charge in [0.25, 0.3) is 0 Å². The number of nitrogens with zero attached hydrogens (tertiary/aromatic N) is 7. The van der Waals surface area contributed by atoms with Crippen LogP contribution in [0, 0.1) is 24.2 Å². The molecule has 0 unspecified atom stereocenters. The van der Waals surface area contributed by atoms with E-state index < -0.39 is 7.14 Å². The number of piperidine rings is 1. The first-order valence-corrected chi connectivity index (χ1v) is 18.0. The molecule has 2 N–H and O–H groups in total. The molecule has 0 radical (unpaired) electrons. The number of halogens is 1. The number of hydrogen-bond acceptors (Lipinski definition) is 11. The highest BCUT2D eigenvalue weighted by Gasteiger charge is 2.34. The highest BCUT2D eigenvalue weighted by atomic mass is 35.5. The topological polar surface area (TPSA) is 132 Å². The lowest BCUT2D eigenvalue weighted by Gasteiger charge is -2.47. The molecule has 4 heterocycles. The third-order valence-corrected chi connectivity index (χ3v) is 10.4. The van der Waals surface area contributed by atoms with Crippen molar-refractivity contribution in [2.45, 2.75) is 32.2 Å². The van der Waals surface area contributed by atoms with Gasteiger partial charge in [0.1, 0.15) is 23.4 Å². The number of nitriles is 1. The van der Waals surface area contributed by atoms with E-state index in [2.05, 4.69) is 65.5 Å². The van der Waals surface area contributed by atoms with Gasteiger partial charge in [0.15, 0.2) is 5.82 Å². The van der Waals surface area contributed by atoms with Crippen molar-refractivity contribution < 1.29 is 9.30 Å². The van der Waals surface area contributed by atoms with Crippen molar-refractivity contribution in [1.29, 1.82) is 5.26 Å². The fraction of sp³-hybridized carbons (Fsp3) is 0.406. The molecule has 0 bridgehead atoms. The minimum Gasteiger partial charge on any atom is -0.494 e. The molecular formula is C32H37ClN9O2P. The van der Waals surface area contributed by atoms with E-state index in [9.17, 15) is 4.57 Å². The van der Waals surface area contributed by atoms with Gasteiger partial charge in [-0.25, -0.2) is 4.98 Å². The predicted octanol–water partition coefficient (Wildman–Crippen LogP) is 5.94. The molecule has 2 aromatic heterocycles. The van der Waals surface area contributed by atoms with Gasteiger partial charge in [0.2, 0.25) is 5.95 Å². The van der Waals surface area contributed by atoms with Gasteiger partial charge >= 0.3 is 0 Å². The molecule has 2 aliphatic rings. The number of hydrogen-bond donors (Lipinski definition) is 2. The van der Waals surface area contributed by atoms with Crippen LogP contribution in [-0.2, 0) is 4.57 Å². The number of nitrogens with one attached hydrogen (secondary N) is 2. The van der Waals surface area contributed by atoms with E-state index in [4.69, 9.17) is 21.6 Å². The SMILES string of the molecule is COc1cc(N2CCC(N3CC(CC#N)C3)CC2)c(C)cc1Nc1ncc(Cl)c(Nc2ccc3nccnc3c2P(C)(C)=O)n1. The average Bonchev–Trinajstić information content (AvgIpc) is 3.00. The molecule has 11 nitrogen and oxygen atoms in total. The van der Waals surface area contributed by atoms with Gasteiger partial charge in [0.05, 0.1) is 41.6 Å². The Hall–Kier alpha value is -3.97.